The summed E-state index contributed by atoms with van der Waals surface area (Å²) in [5, 5.41) is 9.45. The maximum atomic E-state index is 11.2. The number of carbonyl (C=O) groups excluding carboxylic acids is 1. The Balaban J connectivity index is 2.40. The number of hydrogen-bond donors (Lipinski definition) is 1. The van der Waals surface area contributed by atoms with Gasteiger partial charge in [0.2, 0.25) is 0 Å². The summed E-state index contributed by atoms with van der Waals surface area (Å²) >= 11 is 0. The van der Waals surface area contributed by atoms with Gasteiger partial charge in [-0.1, -0.05) is 55.5 Å². The molecule has 1 atom stereocenters. The van der Waals surface area contributed by atoms with Crippen LogP contribution in [0.3, 0.4) is 0 Å². The molecule has 0 amide bonds. The van der Waals surface area contributed by atoms with Crippen molar-refractivity contribution in [3.63, 3.8) is 0 Å². The first-order chi connectivity index (χ1) is 8.74. The molecule has 0 bridgehead atoms. The maximum Gasteiger partial charge on any atom is 0.339 e. The van der Waals surface area contributed by atoms with E-state index in [1.165, 1.54) is 6.08 Å². The quantitative estimate of drug-likeness (QED) is 0.620. The molecular weight excluding hydrogens is 228 g/mol. The van der Waals surface area contributed by atoms with Crippen molar-refractivity contribution in [2.45, 2.75) is 19.4 Å². The van der Waals surface area contributed by atoms with E-state index < -0.39 is 12.1 Å². The van der Waals surface area contributed by atoms with E-state index in [-0.39, 0.29) is 0 Å². The van der Waals surface area contributed by atoms with Crippen LogP contribution in [-0.2, 0) is 9.53 Å². The SMILES string of the molecule is CCCOC(=O)[C@@H](O)/C=C/C=C/c1ccccc1. The zero-order chi connectivity index (χ0) is 13.2. The molecule has 96 valence electrons. The standard InChI is InChI=1S/C15H18O3/c1-2-12-18-15(17)14(16)11-7-6-10-13-8-4-3-5-9-13/h3-11,14,16H,2,12H2,1H3/b10-6+,11-7+/t14-/m0/s1. The molecule has 0 fully saturated rings. The van der Waals surface area contributed by atoms with Crippen LogP contribution in [0.25, 0.3) is 6.08 Å². The van der Waals surface area contributed by atoms with Crippen LogP contribution in [0.1, 0.15) is 18.9 Å². The van der Waals surface area contributed by atoms with E-state index in [0.717, 1.165) is 12.0 Å². The molecule has 3 heteroatoms. The Morgan fingerprint density at radius 2 is 2.06 bits per heavy atom. The van der Waals surface area contributed by atoms with Crippen LogP contribution in [0, 0.1) is 0 Å². The Hall–Kier alpha value is -1.87. The van der Waals surface area contributed by atoms with Gasteiger partial charge in [0.15, 0.2) is 6.10 Å². The van der Waals surface area contributed by atoms with Crippen molar-refractivity contribution in [2.24, 2.45) is 0 Å². The van der Waals surface area contributed by atoms with E-state index in [2.05, 4.69) is 0 Å². The average molecular weight is 246 g/mol. The van der Waals surface area contributed by atoms with Gasteiger partial charge in [0.25, 0.3) is 0 Å². The monoisotopic (exact) mass is 246 g/mol. The lowest BCUT2D eigenvalue weighted by Crippen LogP contribution is -2.20. The number of benzene rings is 1. The van der Waals surface area contributed by atoms with Crippen LogP contribution in [-0.4, -0.2) is 23.8 Å². The normalized spacial score (nSPS) is 13.0. The van der Waals surface area contributed by atoms with Crippen molar-refractivity contribution < 1.29 is 14.6 Å². The van der Waals surface area contributed by atoms with E-state index in [4.69, 9.17) is 4.74 Å². The Kier molecular flexibility index (Phi) is 6.51. The van der Waals surface area contributed by atoms with Crippen LogP contribution in [0.2, 0.25) is 0 Å². The number of aliphatic hydroxyl groups excluding tert-OH is 1. The molecule has 0 saturated heterocycles. The third kappa shape index (κ3) is 5.46. The zero-order valence-corrected chi connectivity index (χ0v) is 10.5. The minimum Gasteiger partial charge on any atom is -0.464 e. The van der Waals surface area contributed by atoms with Gasteiger partial charge in [-0.15, -0.1) is 0 Å². The van der Waals surface area contributed by atoms with Gasteiger partial charge in [0.1, 0.15) is 0 Å². The van der Waals surface area contributed by atoms with E-state index in [1.807, 2.05) is 43.3 Å². The highest BCUT2D eigenvalue weighted by molar-refractivity contribution is 5.76. The summed E-state index contributed by atoms with van der Waals surface area (Å²) in [6.45, 7) is 2.24. The lowest BCUT2D eigenvalue weighted by atomic mass is 10.2. The molecule has 3 nitrogen and oxygen atoms in total. The molecule has 0 aromatic heterocycles. The van der Waals surface area contributed by atoms with Crippen molar-refractivity contribution in [1.82, 2.24) is 0 Å². The summed E-state index contributed by atoms with van der Waals surface area (Å²) in [5.74, 6) is -0.610. The number of aliphatic hydroxyl groups is 1. The van der Waals surface area contributed by atoms with E-state index >= 15 is 0 Å². The van der Waals surface area contributed by atoms with Gasteiger partial charge in [-0.2, -0.15) is 0 Å². The summed E-state index contributed by atoms with van der Waals surface area (Å²) in [5.41, 5.74) is 1.06. The Morgan fingerprint density at radius 1 is 1.33 bits per heavy atom. The third-order valence-corrected chi connectivity index (χ3v) is 2.18. The Morgan fingerprint density at radius 3 is 2.72 bits per heavy atom. The van der Waals surface area contributed by atoms with Gasteiger partial charge >= 0.3 is 5.97 Å². The first-order valence-electron chi connectivity index (χ1n) is 5.98. The highest BCUT2D eigenvalue weighted by Crippen LogP contribution is 2.01. The topological polar surface area (TPSA) is 46.5 Å². The Labute approximate surface area is 107 Å². The molecule has 1 aromatic rings. The van der Waals surface area contributed by atoms with Gasteiger partial charge < -0.3 is 9.84 Å². The van der Waals surface area contributed by atoms with Crippen molar-refractivity contribution in [3.8, 4) is 0 Å². The van der Waals surface area contributed by atoms with Gasteiger partial charge in [-0.05, 0) is 18.1 Å². The molecule has 0 radical (unpaired) electrons. The second-order valence-corrected chi connectivity index (χ2v) is 3.77. The fourth-order valence-corrected chi connectivity index (χ4v) is 1.27. The fraction of sp³-hybridized carbons (Fsp3) is 0.267. The maximum absolute atomic E-state index is 11.2. The van der Waals surface area contributed by atoms with Crippen LogP contribution in [0.4, 0.5) is 0 Å². The van der Waals surface area contributed by atoms with Crippen molar-refractivity contribution in [3.05, 3.63) is 54.1 Å². The molecule has 0 aliphatic heterocycles. The first kappa shape index (κ1) is 14.2. The smallest absolute Gasteiger partial charge is 0.339 e. The van der Waals surface area contributed by atoms with Crippen LogP contribution in [0.5, 0.6) is 0 Å². The fourth-order valence-electron chi connectivity index (χ4n) is 1.27. The molecular formula is C15H18O3. The molecule has 18 heavy (non-hydrogen) atoms. The number of rotatable bonds is 6. The summed E-state index contributed by atoms with van der Waals surface area (Å²) in [6, 6.07) is 9.77. The molecule has 0 unspecified atom stereocenters. The molecule has 0 aliphatic rings. The first-order valence-corrected chi connectivity index (χ1v) is 5.98. The molecule has 0 aliphatic carbocycles. The number of esters is 1. The Bertz CT molecular complexity index is 407. The van der Waals surface area contributed by atoms with Gasteiger partial charge in [-0.25, -0.2) is 4.79 Å². The molecule has 0 spiro atoms. The van der Waals surface area contributed by atoms with Crippen LogP contribution >= 0.6 is 0 Å². The third-order valence-electron chi connectivity index (χ3n) is 2.18. The van der Waals surface area contributed by atoms with Gasteiger partial charge in [-0.3, -0.25) is 0 Å². The lowest BCUT2D eigenvalue weighted by Gasteiger charge is -2.04. The summed E-state index contributed by atoms with van der Waals surface area (Å²) < 4.78 is 4.80. The number of hydrogen-bond acceptors (Lipinski definition) is 3. The average Bonchev–Trinajstić information content (AvgIpc) is 2.41. The van der Waals surface area contributed by atoms with E-state index in [0.29, 0.717) is 6.61 Å². The van der Waals surface area contributed by atoms with Crippen LogP contribution in [0.15, 0.2) is 48.6 Å². The van der Waals surface area contributed by atoms with Crippen molar-refractivity contribution in [1.29, 1.82) is 0 Å². The van der Waals surface area contributed by atoms with Gasteiger partial charge in [0, 0.05) is 0 Å². The second kappa shape index (κ2) is 8.25. The van der Waals surface area contributed by atoms with Gasteiger partial charge in [0.05, 0.1) is 6.61 Å². The number of allylic oxidation sites excluding steroid dienone is 2. The zero-order valence-electron chi connectivity index (χ0n) is 10.5. The van der Waals surface area contributed by atoms with Crippen molar-refractivity contribution >= 4 is 12.0 Å². The minimum atomic E-state index is -1.20. The highest BCUT2D eigenvalue weighted by atomic mass is 16.5. The molecule has 1 aromatic carbocycles. The predicted molar refractivity (Wildman–Crippen MR) is 71.9 cm³/mol. The number of ether oxygens (including phenoxy) is 1. The van der Waals surface area contributed by atoms with E-state index in [1.54, 1.807) is 12.2 Å². The predicted octanol–water partition coefficient (Wildman–Crippen LogP) is 2.57. The summed E-state index contributed by atoms with van der Waals surface area (Å²) in [7, 11) is 0. The molecule has 1 N–H and O–H groups in total. The van der Waals surface area contributed by atoms with Crippen molar-refractivity contribution in [2.75, 3.05) is 6.61 Å². The van der Waals surface area contributed by atoms with Crippen LogP contribution < -0.4 is 0 Å². The highest BCUT2D eigenvalue weighted by Gasteiger charge is 2.11. The lowest BCUT2D eigenvalue weighted by molar-refractivity contribution is -0.150. The molecule has 0 heterocycles. The molecule has 0 saturated carbocycles. The number of carbonyl (C=O) groups is 1. The summed E-state index contributed by atoms with van der Waals surface area (Å²) in [6.07, 6.45) is 6.24. The minimum absolute atomic E-state index is 0.337. The second-order valence-electron chi connectivity index (χ2n) is 3.77. The van der Waals surface area contributed by atoms with E-state index in [9.17, 15) is 9.90 Å². The molecule has 1 rings (SSSR count). The largest absolute Gasteiger partial charge is 0.464 e. The summed E-state index contributed by atoms with van der Waals surface area (Å²) in [4.78, 5) is 11.2.